The van der Waals surface area contributed by atoms with Gasteiger partial charge in [0.25, 0.3) is 0 Å². The van der Waals surface area contributed by atoms with E-state index in [1.54, 1.807) is 22.2 Å². The van der Waals surface area contributed by atoms with Crippen molar-refractivity contribution in [2.24, 2.45) is 0 Å². The average Bonchev–Trinajstić information content (AvgIpc) is 3.30. The molecule has 0 N–H and O–H groups in total. The second-order valence-corrected chi connectivity index (χ2v) is 8.92. The van der Waals surface area contributed by atoms with Crippen molar-refractivity contribution in [3.05, 3.63) is 45.3 Å². The van der Waals surface area contributed by atoms with E-state index >= 15 is 0 Å². The predicted molar refractivity (Wildman–Crippen MR) is 114 cm³/mol. The van der Waals surface area contributed by atoms with Crippen LogP contribution in [0.1, 0.15) is 41.4 Å². The zero-order chi connectivity index (χ0) is 19.7. The Hall–Kier alpha value is -2.39. The Morgan fingerprint density at radius 2 is 1.89 bits per heavy atom. The minimum Gasteiger partial charge on any atom is -0.258 e. The van der Waals surface area contributed by atoms with Gasteiger partial charge in [-0.05, 0) is 62.2 Å². The molecule has 0 aromatic carbocycles. The zero-order valence-electron chi connectivity index (χ0n) is 16.1. The molecule has 5 aromatic rings. The molecule has 1 atom stereocenters. The summed E-state index contributed by atoms with van der Waals surface area (Å²) in [4.78, 5) is 15.2. The third-order valence-corrected chi connectivity index (χ3v) is 7.30. The fraction of sp³-hybridized carbons (Fsp3) is 0.316. The zero-order valence-corrected chi connectivity index (χ0v) is 18.6. The number of halogens is 1. The number of hydrogen-bond acceptors (Lipinski definition) is 6. The van der Waals surface area contributed by atoms with E-state index < -0.39 is 0 Å². The van der Waals surface area contributed by atoms with Crippen LogP contribution in [0.5, 0.6) is 0 Å². The second kappa shape index (κ2) is 6.05. The Kier molecular flexibility index (Phi) is 3.82. The highest BCUT2D eigenvalue weighted by Crippen LogP contribution is 2.36. The molecule has 9 heteroatoms. The molecular weight excluding hydrogens is 438 g/mol. The van der Waals surface area contributed by atoms with Crippen LogP contribution in [0.3, 0.4) is 0 Å². The highest BCUT2D eigenvalue weighted by molar-refractivity contribution is 9.10. The van der Waals surface area contributed by atoms with Gasteiger partial charge in [0, 0.05) is 11.1 Å². The third kappa shape index (κ3) is 2.42. The standard InChI is InChI=1S/C19H18BrN7S/c1-8-6-9(2)22-19-13(8)15-16(28-19)18-23-17(25-26(18)7-21-15)12(5)27-11(4)14(20)10(3)24-27/h6-7,12H,1-5H3. The van der Waals surface area contributed by atoms with E-state index in [0.717, 1.165) is 47.6 Å². The molecule has 0 aliphatic heterocycles. The monoisotopic (exact) mass is 455 g/mol. The molecule has 0 saturated carbocycles. The molecule has 1 unspecified atom stereocenters. The van der Waals surface area contributed by atoms with Crippen molar-refractivity contribution < 1.29 is 0 Å². The topological polar surface area (TPSA) is 73.8 Å². The quantitative estimate of drug-likeness (QED) is 0.385. The summed E-state index contributed by atoms with van der Waals surface area (Å²) in [6.45, 7) is 10.2. The van der Waals surface area contributed by atoms with Gasteiger partial charge >= 0.3 is 0 Å². The van der Waals surface area contributed by atoms with E-state index in [0.29, 0.717) is 5.82 Å². The summed E-state index contributed by atoms with van der Waals surface area (Å²) in [6, 6.07) is 2.01. The predicted octanol–water partition coefficient (Wildman–Crippen LogP) is 4.69. The van der Waals surface area contributed by atoms with Gasteiger partial charge in [0.05, 0.1) is 21.4 Å². The lowest BCUT2D eigenvalue weighted by Gasteiger charge is -2.10. The number of nitrogens with zero attached hydrogens (tertiary/aromatic N) is 7. The summed E-state index contributed by atoms with van der Waals surface area (Å²) >= 11 is 5.22. The largest absolute Gasteiger partial charge is 0.258 e. The van der Waals surface area contributed by atoms with Crippen LogP contribution in [-0.2, 0) is 0 Å². The number of thiophene rings is 1. The van der Waals surface area contributed by atoms with Gasteiger partial charge in [0.1, 0.15) is 21.9 Å². The molecule has 7 nitrogen and oxygen atoms in total. The van der Waals surface area contributed by atoms with Crippen LogP contribution >= 0.6 is 27.3 Å². The van der Waals surface area contributed by atoms with Crippen LogP contribution in [-0.4, -0.2) is 34.3 Å². The fourth-order valence-electron chi connectivity index (χ4n) is 3.69. The lowest BCUT2D eigenvalue weighted by molar-refractivity contribution is 0.520. The van der Waals surface area contributed by atoms with Gasteiger partial charge in [-0.1, -0.05) is 0 Å². The lowest BCUT2D eigenvalue weighted by Crippen LogP contribution is -2.12. The van der Waals surface area contributed by atoms with E-state index in [1.807, 2.05) is 25.5 Å². The summed E-state index contributed by atoms with van der Waals surface area (Å²) < 4.78 is 5.75. The molecule has 5 heterocycles. The van der Waals surface area contributed by atoms with Crippen molar-refractivity contribution in [2.45, 2.75) is 40.7 Å². The van der Waals surface area contributed by atoms with Crippen LogP contribution in [0.15, 0.2) is 16.9 Å². The molecule has 142 valence electrons. The summed E-state index contributed by atoms with van der Waals surface area (Å²) in [6.07, 6.45) is 1.74. The Morgan fingerprint density at radius 1 is 1.11 bits per heavy atom. The smallest absolute Gasteiger partial charge is 0.176 e. The number of hydrogen-bond donors (Lipinski definition) is 0. The molecule has 0 radical (unpaired) electrons. The number of aromatic nitrogens is 7. The highest BCUT2D eigenvalue weighted by Gasteiger charge is 2.22. The molecule has 0 aliphatic rings. The van der Waals surface area contributed by atoms with Crippen LogP contribution in [0.2, 0.25) is 0 Å². The maximum atomic E-state index is 4.86. The van der Waals surface area contributed by atoms with E-state index in [2.05, 4.69) is 51.0 Å². The summed E-state index contributed by atoms with van der Waals surface area (Å²) in [5.41, 5.74) is 5.97. The molecule has 0 amide bonds. The van der Waals surface area contributed by atoms with Crippen LogP contribution in [0, 0.1) is 27.7 Å². The van der Waals surface area contributed by atoms with Crippen molar-refractivity contribution in [3.63, 3.8) is 0 Å². The first-order valence-electron chi connectivity index (χ1n) is 8.98. The van der Waals surface area contributed by atoms with E-state index in [-0.39, 0.29) is 6.04 Å². The number of rotatable bonds is 2. The molecule has 0 aliphatic carbocycles. The van der Waals surface area contributed by atoms with E-state index in [9.17, 15) is 0 Å². The third-order valence-electron chi connectivity index (χ3n) is 5.09. The molecule has 5 rings (SSSR count). The molecule has 5 aromatic heterocycles. The van der Waals surface area contributed by atoms with Crippen LogP contribution in [0.25, 0.3) is 26.1 Å². The molecule has 0 saturated heterocycles. The summed E-state index contributed by atoms with van der Waals surface area (Å²) in [7, 11) is 0. The normalized spacial score (nSPS) is 13.2. The van der Waals surface area contributed by atoms with Gasteiger partial charge in [-0.2, -0.15) is 5.10 Å². The number of fused-ring (bicyclic) bond motifs is 5. The van der Waals surface area contributed by atoms with Crippen molar-refractivity contribution in [1.29, 1.82) is 0 Å². The molecule has 0 spiro atoms. The summed E-state index contributed by atoms with van der Waals surface area (Å²) in [5, 5.41) is 10.4. The first-order chi connectivity index (χ1) is 13.3. The first-order valence-corrected chi connectivity index (χ1v) is 10.6. The Labute approximate surface area is 173 Å². The Bertz CT molecular complexity index is 1390. The Morgan fingerprint density at radius 3 is 2.61 bits per heavy atom. The van der Waals surface area contributed by atoms with E-state index in [1.165, 1.54) is 5.56 Å². The van der Waals surface area contributed by atoms with Gasteiger partial charge in [0.2, 0.25) is 0 Å². The van der Waals surface area contributed by atoms with Gasteiger partial charge in [-0.3, -0.25) is 4.68 Å². The van der Waals surface area contributed by atoms with Crippen LogP contribution in [0.4, 0.5) is 0 Å². The van der Waals surface area contributed by atoms with E-state index in [4.69, 9.17) is 9.97 Å². The fourth-order valence-corrected chi connectivity index (χ4v) is 5.18. The first kappa shape index (κ1) is 17.7. The maximum absolute atomic E-state index is 4.86. The second-order valence-electron chi connectivity index (χ2n) is 7.13. The van der Waals surface area contributed by atoms with Crippen molar-refractivity contribution in [2.75, 3.05) is 0 Å². The lowest BCUT2D eigenvalue weighted by atomic mass is 10.1. The van der Waals surface area contributed by atoms with Crippen molar-refractivity contribution in [1.82, 2.24) is 34.3 Å². The number of pyridine rings is 1. The minimum atomic E-state index is -0.0866. The van der Waals surface area contributed by atoms with Gasteiger partial charge in [-0.25, -0.2) is 19.5 Å². The molecule has 28 heavy (non-hydrogen) atoms. The van der Waals surface area contributed by atoms with Gasteiger partial charge in [-0.15, -0.1) is 16.4 Å². The van der Waals surface area contributed by atoms with Crippen LogP contribution < -0.4 is 0 Å². The SMILES string of the molecule is Cc1cc(C)c2c(n1)sc1c2ncn2nc(C(C)n3nc(C)c(Br)c3C)nc12. The molecule has 0 bridgehead atoms. The minimum absolute atomic E-state index is 0.0866. The number of aryl methyl sites for hydroxylation is 3. The maximum Gasteiger partial charge on any atom is 0.176 e. The highest BCUT2D eigenvalue weighted by atomic mass is 79.9. The molecular formula is C19H18BrN7S. The van der Waals surface area contributed by atoms with Crippen molar-refractivity contribution >= 4 is 53.3 Å². The van der Waals surface area contributed by atoms with Gasteiger partial charge in [0.15, 0.2) is 11.5 Å². The Balaban J connectivity index is 1.73. The van der Waals surface area contributed by atoms with Crippen molar-refractivity contribution in [3.8, 4) is 0 Å². The molecule has 0 fully saturated rings. The average molecular weight is 456 g/mol. The van der Waals surface area contributed by atoms with Gasteiger partial charge < -0.3 is 0 Å². The summed E-state index contributed by atoms with van der Waals surface area (Å²) in [5.74, 6) is 0.714.